The van der Waals surface area contributed by atoms with Crippen molar-refractivity contribution in [2.24, 2.45) is 0 Å². The van der Waals surface area contributed by atoms with Gasteiger partial charge in [-0.2, -0.15) is 0 Å². The third kappa shape index (κ3) is 3.02. The number of pyridine rings is 1. The second-order valence-electron chi connectivity index (χ2n) is 5.61. The number of halogens is 1. The summed E-state index contributed by atoms with van der Waals surface area (Å²) in [5.74, 6) is 0.211. The molecule has 1 aliphatic rings. The Morgan fingerprint density at radius 2 is 2.17 bits per heavy atom. The lowest BCUT2D eigenvalue weighted by Crippen LogP contribution is -2.43. The molecule has 1 aliphatic heterocycles. The minimum Gasteiger partial charge on any atom is -0.379 e. The van der Waals surface area contributed by atoms with Gasteiger partial charge in [-0.3, -0.25) is 9.78 Å². The standard InChI is InChI=1S/C13H18BrN3O/c1-13(2,3)17-8-11(5-12(17)18)16-10-4-9(14)6-15-7-10/h4,6-7,11,16H,5,8H2,1-3H3. The van der Waals surface area contributed by atoms with Crippen molar-refractivity contribution in [3.63, 3.8) is 0 Å². The van der Waals surface area contributed by atoms with E-state index < -0.39 is 0 Å². The average Bonchev–Trinajstić information content (AvgIpc) is 2.59. The monoisotopic (exact) mass is 311 g/mol. The predicted octanol–water partition coefficient (Wildman–Crippen LogP) is 2.66. The van der Waals surface area contributed by atoms with Crippen molar-refractivity contribution in [1.29, 1.82) is 0 Å². The number of carbonyl (C=O) groups excluding carboxylic acids is 1. The van der Waals surface area contributed by atoms with E-state index in [0.717, 1.165) is 16.7 Å². The number of anilines is 1. The summed E-state index contributed by atoms with van der Waals surface area (Å²) >= 11 is 3.39. The number of rotatable bonds is 2. The molecular formula is C13H18BrN3O. The van der Waals surface area contributed by atoms with E-state index in [0.29, 0.717) is 6.42 Å². The van der Waals surface area contributed by atoms with Gasteiger partial charge in [0.1, 0.15) is 0 Å². The van der Waals surface area contributed by atoms with Gasteiger partial charge < -0.3 is 10.2 Å². The van der Waals surface area contributed by atoms with Crippen LogP contribution in [0.4, 0.5) is 5.69 Å². The average molecular weight is 312 g/mol. The second-order valence-corrected chi connectivity index (χ2v) is 6.53. The summed E-state index contributed by atoms with van der Waals surface area (Å²) in [5, 5.41) is 3.36. The van der Waals surface area contributed by atoms with E-state index in [1.165, 1.54) is 0 Å². The quantitative estimate of drug-likeness (QED) is 0.913. The summed E-state index contributed by atoms with van der Waals surface area (Å²) < 4.78 is 0.935. The third-order valence-electron chi connectivity index (χ3n) is 3.01. The number of amides is 1. The van der Waals surface area contributed by atoms with Crippen LogP contribution in [-0.4, -0.2) is 33.9 Å². The van der Waals surface area contributed by atoms with Crippen LogP contribution in [0, 0.1) is 0 Å². The molecule has 98 valence electrons. The molecule has 18 heavy (non-hydrogen) atoms. The highest BCUT2D eigenvalue weighted by Gasteiger charge is 2.36. The molecule has 1 saturated heterocycles. The topological polar surface area (TPSA) is 45.2 Å². The second kappa shape index (κ2) is 4.88. The first-order valence-electron chi connectivity index (χ1n) is 6.04. The van der Waals surface area contributed by atoms with Crippen molar-refractivity contribution in [3.05, 3.63) is 22.9 Å². The summed E-state index contributed by atoms with van der Waals surface area (Å²) in [6.07, 6.45) is 4.06. The molecule has 4 nitrogen and oxygen atoms in total. The molecule has 0 aliphatic carbocycles. The molecule has 1 aromatic rings. The van der Waals surface area contributed by atoms with Crippen LogP contribution < -0.4 is 5.32 Å². The van der Waals surface area contributed by atoms with Crippen LogP contribution in [0.25, 0.3) is 0 Å². The van der Waals surface area contributed by atoms with Crippen LogP contribution in [0.1, 0.15) is 27.2 Å². The molecule has 1 atom stereocenters. The van der Waals surface area contributed by atoms with Gasteiger partial charge in [0.05, 0.1) is 17.9 Å². The number of likely N-dealkylation sites (tertiary alicyclic amines) is 1. The highest BCUT2D eigenvalue weighted by Crippen LogP contribution is 2.24. The van der Waals surface area contributed by atoms with E-state index >= 15 is 0 Å². The van der Waals surface area contributed by atoms with Crippen molar-refractivity contribution < 1.29 is 4.79 Å². The number of nitrogens with zero attached hydrogens (tertiary/aromatic N) is 2. The maximum atomic E-state index is 11.9. The third-order valence-corrected chi connectivity index (χ3v) is 3.44. The molecule has 2 rings (SSSR count). The first kappa shape index (κ1) is 13.3. The fourth-order valence-electron chi connectivity index (χ4n) is 2.18. The van der Waals surface area contributed by atoms with Crippen molar-refractivity contribution in [2.75, 3.05) is 11.9 Å². The summed E-state index contributed by atoms with van der Waals surface area (Å²) in [6.45, 7) is 6.94. The molecule has 1 N–H and O–H groups in total. The van der Waals surface area contributed by atoms with E-state index in [-0.39, 0.29) is 17.5 Å². The first-order valence-corrected chi connectivity index (χ1v) is 6.83. The lowest BCUT2D eigenvalue weighted by molar-refractivity contribution is -0.131. The Hall–Kier alpha value is -1.10. The number of hydrogen-bond acceptors (Lipinski definition) is 3. The highest BCUT2D eigenvalue weighted by atomic mass is 79.9. The molecule has 1 amide bonds. The van der Waals surface area contributed by atoms with Gasteiger partial charge in [0.25, 0.3) is 0 Å². The van der Waals surface area contributed by atoms with Crippen LogP contribution in [0.2, 0.25) is 0 Å². The zero-order valence-corrected chi connectivity index (χ0v) is 12.5. The summed E-state index contributed by atoms with van der Waals surface area (Å²) in [7, 11) is 0. The van der Waals surface area contributed by atoms with Gasteiger partial charge in [-0.05, 0) is 42.8 Å². The fourth-order valence-corrected chi connectivity index (χ4v) is 2.54. The molecule has 5 heteroatoms. The van der Waals surface area contributed by atoms with E-state index in [2.05, 4.69) is 47.0 Å². The molecule has 1 unspecified atom stereocenters. The summed E-state index contributed by atoms with van der Waals surface area (Å²) in [6, 6.07) is 2.13. The van der Waals surface area contributed by atoms with Gasteiger partial charge in [-0.25, -0.2) is 0 Å². The van der Waals surface area contributed by atoms with E-state index in [4.69, 9.17) is 0 Å². The van der Waals surface area contributed by atoms with Gasteiger partial charge in [-0.1, -0.05) is 0 Å². The normalized spacial score (nSPS) is 20.3. The Balaban J connectivity index is 2.03. The molecule has 0 radical (unpaired) electrons. The van der Waals surface area contributed by atoms with Gasteiger partial charge in [0.2, 0.25) is 5.91 Å². The van der Waals surface area contributed by atoms with Gasteiger partial charge in [0.15, 0.2) is 0 Å². The Labute approximate surface area is 116 Å². The van der Waals surface area contributed by atoms with Crippen molar-refractivity contribution in [3.8, 4) is 0 Å². The molecule has 0 bridgehead atoms. The van der Waals surface area contributed by atoms with Crippen LogP contribution in [0.5, 0.6) is 0 Å². The zero-order chi connectivity index (χ0) is 13.3. The maximum absolute atomic E-state index is 11.9. The number of aromatic nitrogens is 1. The first-order chi connectivity index (χ1) is 8.36. The number of nitrogens with one attached hydrogen (secondary N) is 1. The fraction of sp³-hybridized carbons (Fsp3) is 0.538. The minimum atomic E-state index is -0.108. The van der Waals surface area contributed by atoms with Crippen LogP contribution in [0.15, 0.2) is 22.9 Å². The molecule has 0 spiro atoms. The minimum absolute atomic E-state index is 0.108. The van der Waals surface area contributed by atoms with Crippen LogP contribution >= 0.6 is 15.9 Å². The smallest absolute Gasteiger partial charge is 0.225 e. The summed E-state index contributed by atoms with van der Waals surface area (Å²) in [5.41, 5.74) is 0.834. The predicted molar refractivity (Wildman–Crippen MR) is 75.4 cm³/mol. The Morgan fingerprint density at radius 3 is 2.72 bits per heavy atom. The Kier molecular flexibility index (Phi) is 3.61. The largest absolute Gasteiger partial charge is 0.379 e. The van der Waals surface area contributed by atoms with Gasteiger partial charge in [-0.15, -0.1) is 0 Å². The summed E-state index contributed by atoms with van der Waals surface area (Å²) in [4.78, 5) is 18.0. The molecular weight excluding hydrogens is 294 g/mol. The van der Waals surface area contributed by atoms with Crippen LogP contribution in [0.3, 0.4) is 0 Å². The van der Waals surface area contributed by atoms with Crippen molar-refractivity contribution >= 4 is 27.5 Å². The van der Waals surface area contributed by atoms with Crippen molar-refractivity contribution in [2.45, 2.75) is 38.8 Å². The van der Waals surface area contributed by atoms with E-state index in [9.17, 15) is 4.79 Å². The zero-order valence-electron chi connectivity index (χ0n) is 10.9. The maximum Gasteiger partial charge on any atom is 0.225 e. The number of hydrogen-bond donors (Lipinski definition) is 1. The van der Waals surface area contributed by atoms with Gasteiger partial charge >= 0.3 is 0 Å². The molecule has 2 heterocycles. The van der Waals surface area contributed by atoms with E-state index in [1.54, 1.807) is 12.4 Å². The SMILES string of the molecule is CC(C)(C)N1CC(Nc2cncc(Br)c2)CC1=O. The molecule has 1 fully saturated rings. The van der Waals surface area contributed by atoms with Crippen molar-refractivity contribution in [1.82, 2.24) is 9.88 Å². The Morgan fingerprint density at radius 1 is 1.44 bits per heavy atom. The van der Waals surface area contributed by atoms with Crippen LogP contribution in [-0.2, 0) is 4.79 Å². The Bertz CT molecular complexity index is 456. The molecule has 1 aromatic heterocycles. The van der Waals surface area contributed by atoms with E-state index in [1.807, 2.05) is 11.0 Å². The number of carbonyl (C=O) groups is 1. The lowest BCUT2D eigenvalue weighted by atomic mass is 10.1. The lowest BCUT2D eigenvalue weighted by Gasteiger charge is -2.32. The molecule has 0 aromatic carbocycles. The molecule has 0 saturated carbocycles. The highest BCUT2D eigenvalue weighted by molar-refractivity contribution is 9.10. The van der Waals surface area contributed by atoms with Gasteiger partial charge in [0, 0.05) is 29.2 Å².